The number of hydrogen-bond acceptors (Lipinski definition) is 2. The van der Waals surface area contributed by atoms with Gasteiger partial charge in [-0.3, -0.25) is 9.59 Å². The van der Waals surface area contributed by atoms with Gasteiger partial charge in [-0.25, -0.2) is 0 Å². The number of halogens is 3. The summed E-state index contributed by atoms with van der Waals surface area (Å²) < 4.78 is 37.6. The van der Waals surface area contributed by atoms with Gasteiger partial charge in [-0.2, -0.15) is 13.2 Å². The minimum Gasteiger partial charge on any atom is -0.351 e. The standard InChI is InChI=1S/C18H15F3N2O2/c19-18(20,21)12-7-5-11(6-8-12)10-22-17(25)14-9-16(24)23-15-4-2-1-3-13(14)15/h1-8,14H,9-10H2,(H,22,25)(H,23,24)/t14-/m0/s1. The summed E-state index contributed by atoms with van der Waals surface area (Å²) in [5.74, 6) is -1.19. The lowest BCUT2D eigenvalue weighted by molar-refractivity contribution is -0.137. The Kier molecular flexibility index (Phi) is 4.48. The number of benzene rings is 2. The summed E-state index contributed by atoms with van der Waals surface area (Å²) in [5.41, 5.74) is 1.15. The van der Waals surface area contributed by atoms with E-state index in [2.05, 4.69) is 10.6 Å². The van der Waals surface area contributed by atoms with Crippen molar-refractivity contribution in [2.24, 2.45) is 0 Å². The summed E-state index contributed by atoms with van der Waals surface area (Å²) in [7, 11) is 0. The number of amides is 2. The monoisotopic (exact) mass is 348 g/mol. The molecule has 7 heteroatoms. The molecule has 0 saturated carbocycles. The second-order valence-corrected chi connectivity index (χ2v) is 5.80. The SMILES string of the molecule is O=C1C[C@H](C(=O)NCc2ccc(C(F)(F)F)cc2)c2ccccc2N1. The zero-order chi connectivity index (χ0) is 18.0. The summed E-state index contributed by atoms with van der Waals surface area (Å²) in [6, 6.07) is 11.7. The average Bonchev–Trinajstić information content (AvgIpc) is 2.58. The third kappa shape index (κ3) is 3.81. The van der Waals surface area contributed by atoms with Gasteiger partial charge in [0.1, 0.15) is 0 Å². The summed E-state index contributed by atoms with van der Waals surface area (Å²) in [6.45, 7) is 0.0945. The lowest BCUT2D eigenvalue weighted by atomic mass is 9.90. The average molecular weight is 348 g/mol. The predicted octanol–water partition coefficient (Wildman–Crippen LogP) is 3.45. The van der Waals surface area contributed by atoms with Gasteiger partial charge in [0.25, 0.3) is 0 Å². The number of carbonyl (C=O) groups is 2. The maximum absolute atomic E-state index is 12.5. The van der Waals surface area contributed by atoms with Gasteiger partial charge in [-0.05, 0) is 29.3 Å². The first-order valence-electron chi connectivity index (χ1n) is 7.67. The number of anilines is 1. The fourth-order valence-electron chi connectivity index (χ4n) is 2.77. The number of rotatable bonds is 3. The maximum Gasteiger partial charge on any atom is 0.416 e. The van der Waals surface area contributed by atoms with Crippen LogP contribution in [0.5, 0.6) is 0 Å². The van der Waals surface area contributed by atoms with E-state index >= 15 is 0 Å². The van der Waals surface area contributed by atoms with Crippen molar-refractivity contribution in [3.05, 3.63) is 65.2 Å². The van der Waals surface area contributed by atoms with E-state index in [4.69, 9.17) is 0 Å². The summed E-state index contributed by atoms with van der Waals surface area (Å²) >= 11 is 0. The molecule has 2 N–H and O–H groups in total. The predicted molar refractivity (Wildman–Crippen MR) is 85.7 cm³/mol. The third-order valence-corrected chi connectivity index (χ3v) is 4.06. The molecular formula is C18H15F3N2O2. The zero-order valence-corrected chi connectivity index (χ0v) is 13.1. The van der Waals surface area contributed by atoms with E-state index in [1.807, 2.05) is 0 Å². The molecule has 130 valence electrons. The van der Waals surface area contributed by atoms with Crippen LogP contribution in [-0.4, -0.2) is 11.8 Å². The first-order chi connectivity index (χ1) is 11.8. The molecule has 25 heavy (non-hydrogen) atoms. The highest BCUT2D eigenvalue weighted by molar-refractivity contribution is 6.01. The highest BCUT2D eigenvalue weighted by Crippen LogP contribution is 2.32. The largest absolute Gasteiger partial charge is 0.416 e. The zero-order valence-electron chi connectivity index (χ0n) is 13.1. The molecule has 2 aromatic rings. The van der Waals surface area contributed by atoms with Crippen molar-refractivity contribution in [3.8, 4) is 0 Å². The van der Waals surface area contributed by atoms with Crippen molar-refractivity contribution in [1.82, 2.24) is 5.32 Å². The molecule has 1 aliphatic heterocycles. The molecule has 2 amide bonds. The summed E-state index contributed by atoms with van der Waals surface area (Å²) in [6.07, 6.45) is -4.35. The molecule has 0 bridgehead atoms. The molecule has 0 saturated heterocycles. The van der Waals surface area contributed by atoms with Crippen LogP contribution in [0, 0.1) is 0 Å². The number of fused-ring (bicyclic) bond motifs is 1. The Labute approximate surface area is 142 Å². The van der Waals surface area contributed by atoms with Crippen LogP contribution in [0.4, 0.5) is 18.9 Å². The van der Waals surface area contributed by atoms with E-state index in [9.17, 15) is 22.8 Å². The van der Waals surface area contributed by atoms with Crippen molar-refractivity contribution in [3.63, 3.8) is 0 Å². The molecule has 0 aromatic heterocycles. The van der Waals surface area contributed by atoms with Gasteiger partial charge in [0, 0.05) is 18.7 Å². The molecular weight excluding hydrogens is 333 g/mol. The van der Waals surface area contributed by atoms with Gasteiger partial charge in [0.15, 0.2) is 0 Å². The lowest BCUT2D eigenvalue weighted by Crippen LogP contribution is -2.34. The Balaban J connectivity index is 1.68. The van der Waals surface area contributed by atoms with Crippen LogP contribution >= 0.6 is 0 Å². The molecule has 0 fully saturated rings. The van der Waals surface area contributed by atoms with Crippen molar-refractivity contribution < 1.29 is 22.8 Å². The van der Waals surface area contributed by atoms with Crippen LogP contribution in [0.1, 0.15) is 29.0 Å². The third-order valence-electron chi connectivity index (χ3n) is 4.06. The quantitative estimate of drug-likeness (QED) is 0.893. The Morgan fingerprint density at radius 1 is 1.12 bits per heavy atom. The van der Waals surface area contributed by atoms with Crippen LogP contribution in [0.15, 0.2) is 48.5 Å². The molecule has 0 aliphatic carbocycles. The van der Waals surface area contributed by atoms with Crippen LogP contribution in [-0.2, 0) is 22.3 Å². The summed E-state index contributed by atoms with van der Waals surface area (Å²) in [4.78, 5) is 24.2. The van der Waals surface area contributed by atoms with Gasteiger partial charge in [0.05, 0.1) is 11.5 Å². The van der Waals surface area contributed by atoms with Crippen molar-refractivity contribution in [2.75, 3.05) is 5.32 Å². The highest BCUT2D eigenvalue weighted by Gasteiger charge is 2.31. The van der Waals surface area contributed by atoms with Gasteiger partial charge < -0.3 is 10.6 Å². The van der Waals surface area contributed by atoms with Crippen LogP contribution in [0.2, 0.25) is 0 Å². The first-order valence-corrected chi connectivity index (χ1v) is 7.67. The van der Waals surface area contributed by atoms with Gasteiger partial charge in [-0.1, -0.05) is 30.3 Å². The normalized spacial score (nSPS) is 16.8. The molecule has 1 heterocycles. The van der Waals surface area contributed by atoms with Crippen molar-refractivity contribution >= 4 is 17.5 Å². The first kappa shape index (κ1) is 17.0. The topological polar surface area (TPSA) is 58.2 Å². The minimum atomic E-state index is -4.39. The van der Waals surface area contributed by atoms with E-state index < -0.39 is 17.7 Å². The fourth-order valence-corrected chi connectivity index (χ4v) is 2.77. The second-order valence-electron chi connectivity index (χ2n) is 5.80. The van der Waals surface area contributed by atoms with Crippen LogP contribution < -0.4 is 10.6 Å². The molecule has 1 aliphatic rings. The molecule has 0 radical (unpaired) electrons. The Hall–Kier alpha value is -2.83. The number of carbonyl (C=O) groups excluding carboxylic acids is 2. The molecule has 2 aromatic carbocycles. The molecule has 3 rings (SSSR count). The molecule has 4 nitrogen and oxygen atoms in total. The maximum atomic E-state index is 12.5. The number of alkyl halides is 3. The number of nitrogens with one attached hydrogen (secondary N) is 2. The molecule has 1 atom stereocenters. The van der Waals surface area contributed by atoms with Gasteiger partial charge >= 0.3 is 6.18 Å². The Morgan fingerprint density at radius 3 is 2.48 bits per heavy atom. The highest BCUT2D eigenvalue weighted by atomic mass is 19.4. The Bertz CT molecular complexity index is 801. The number of hydrogen-bond donors (Lipinski definition) is 2. The van der Waals surface area contributed by atoms with E-state index in [0.29, 0.717) is 11.3 Å². The van der Waals surface area contributed by atoms with Crippen LogP contribution in [0.25, 0.3) is 0 Å². The van der Waals surface area contributed by atoms with Crippen molar-refractivity contribution in [1.29, 1.82) is 0 Å². The fraction of sp³-hybridized carbons (Fsp3) is 0.222. The summed E-state index contributed by atoms with van der Waals surface area (Å²) in [5, 5.41) is 5.40. The number of para-hydroxylation sites is 1. The van der Waals surface area contributed by atoms with Gasteiger partial charge in [0.2, 0.25) is 11.8 Å². The Morgan fingerprint density at radius 2 is 1.80 bits per heavy atom. The van der Waals surface area contributed by atoms with Crippen LogP contribution in [0.3, 0.4) is 0 Å². The smallest absolute Gasteiger partial charge is 0.351 e. The minimum absolute atomic E-state index is 0.0376. The van der Waals surface area contributed by atoms with E-state index in [0.717, 1.165) is 17.7 Å². The second kappa shape index (κ2) is 6.58. The van der Waals surface area contributed by atoms with Crippen molar-refractivity contribution in [2.45, 2.75) is 25.1 Å². The molecule has 0 unspecified atom stereocenters. The lowest BCUT2D eigenvalue weighted by Gasteiger charge is -2.24. The van der Waals surface area contributed by atoms with E-state index in [1.54, 1.807) is 24.3 Å². The van der Waals surface area contributed by atoms with Gasteiger partial charge in [-0.15, -0.1) is 0 Å². The molecule has 0 spiro atoms. The van der Waals surface area contributed by atoms with E-state index in [-0.39, 0.29) is 24.8 Å². The van der Waals surface area contributed by atoms with E-state index in [1.165, 1.54) is 12.1 Å².